The number of hydrogen-bond donors (Lipinski definition) is 0. The molecule has 0 N–H and O–H groups in total. The van der Waals surface area contributed by atoms with Crippen molar-refractivity contribution in [3.8, 4) is 5.75 Å². The van der Waals surface area contributed by atoms with Crippen LogP contribution in [0.25, 0.3) is 5.57 Å². The van der Waals surface area contributed by atoms with E-state index in [4.69, 9.17) is 4.74 Å². The first-order chi connectivity index (χ1) is 8.60. The van der Waals surface area contributed by atoms with Crippen molar-refractivity contribution in [3.63, 3.8) is 0 Å². The third-order valence-corrected chi connectivity index (χ3v) is 2.79. The van der Waals surface area contributed by atoms with Crippen LogP contribution in [0.15, 0.2) is 24.3 Å². The van der Waals surface area contributed by atoms with Gasteiger partial charge in [-0.1, -0.05) is 0 Å². The van der Waals surface area contributed by atoms with E-state index in [0.29, 0.717) is 0 Å². The maximum absolute atomic E-state index is 12.5. The molecule has 4 nitrogen and oxygen atoms in total. The van der Waals surface area contributed by atoms with Gasteiger partial charge in [-0.3, -0.25) is 10.1 Å². The number of ether oxygens (including phenoxy) is 1. The summed E-state index contributed by atoms with van der Waals surface area (Å²) in [5, 5.41) is 10.7. The molecule has 0 fully saturated rings. The van der Waals surface area contributed by atoms with Gasteiger partial charge in [0.1, 0.15) is 11.4 Å². The average molecular weight is 273 g/mol. The first kappa shape index (κ1) is 13.4. The van der Waals surface area contributed by atoms with Gasteiger partial charge in [0, 0.05) is 29.3 Å². The minimum atomic E-state index is -4.51. The van der Waals surface area contributed by atoms with Crippen LogP contribution in [0.1, 0.15) is 19.4 Å². The van der Waals surface area contributed by atoms with Crippen molar-refractivity contribution in [2.45, 2.75) is 25.6 Å². The van der Waals surface area contributed by atoms with Gasteiger partial charge in [-0.2, -0.15) is 13.2 Å². The van der Waals surface area contributed by atoms with E-state index >= 15 is 0 Å². The normalized spacial score (nSPS) is 19.1. The van der Waals surface area contributed by atoms with Gasteiger partial charge in [0.2, 0.25) is 0 Å². The number of nitro benzene ring substituents is 1. The van der Waals surface area contributed by atoms with Crippen LogP contribution in [0, 0.1) is 10.1 Å². The molecule has 0 bridgehead atoms. The second kappa shape index (κ2) is 3.97. The highest BCUT2D eigenvalue weighted by atomic mass is 19.4. The zero-order valence-electron chi connectivity index (χ0n) is 10.1. The Morgan fingerprint density at radius 3 is 2.53 bits per heavy atom. The molecule has 7 heteroatoms. The molecule has 1 aromatic rings. The van der Waals surface area contributed by atoms with E-state index in [1.807, 2.05) is 0 Å². The number of alkyl halides is 3. The molecule has 0 unspecified atom stereocenters. The Balaban J connectivity index is 2.61. The van der Waals surface area contributed by atoms with Crippen molar-refractivity contribution in [1.29, 1.82) is 0 Å². The Kier molecular flexibility index (Phi) is 2.80. The van der Waals surface area contributed by atoms with Crippen LogP contribution in [0.4, 0.5) is 18.9 Å². The Morgan fingerprint density at radius 2 is 2.00 bits per heavy atom. The van der Waals surface area contributed by atoms with Crippen LogP contribution in [-0.4, -0.2) is 16.7 Å². The highest BCUT2D eigenvalue weighted by molar-refractivity contribution is 5.81. The van der Waals surface area contributed by atoms with E-state index in [1.165, 1.54) is 26.0 Å². The summed E-state index contributed by atoms with van der Waals surface area (Å²) in [5.41, 5.74) is -1.45. The summed E-state index contributed by atoms with van der Waals surface area (Å²) in [6.07, 6.45) is -4.38. The van der Waals surface area contributed by atoms with Gasteiger partial charge < -0.3 is 4.74 Å². The predicted octanol–water partition coefficient (Wildman–Crippen LogP) is 3.71. The van der Waals surface area contributed by atoms with Crippen molar-refractivity contribution < 1.29 is 22.8 Å². The van der Waals surface area contributed by atoms with E-state index in [-0.39, 0.29) is 28.6 Å². The molecule has 1 aliphatic rings. The standard InChI is InChI=1S/C12H10F3NO3/c1-11(2)9(6-12(13,14)15)8-5-7(16(17)18)3-4-10(8)19-11/h3-6H,1-2H3. The Bertz CT molecular complexity index is 576. The SMILES string of the molecule is CC1(C)Oc2ccc([N+](=O)[O-])cc2C1=CC(F)(F)F. The summed E-state index contributed by atoms with van der Waals surface area (Å²) < 4.78 is 43.0. The summed E-state index contributed by atoms with van der Waals surface area (Å²) >= 11 is 0. The molecule has 0 amide bonds. The number of nitro groups is 1. The van der Waals surface area contributed by atoms with Crippen molar-refractivity contribution in [1.82, 2.24) is 0 Å². The molecule has 102 valence electrons. The molecular formula is C12H10F3NO3. The number of rotatable bonds is 1. The largest absolute Gasteiger partial charge is 0.482 e. The molecule has 0 atom stereocenters. The molecule has 0 radical (unpaired) electrons. The van der Waals surface area contributed by atoms with Gasteiger partial charge in [0.05, 0.1) is 4.92 Å². The van der Waals surface area contributed by atoms with Crippen LogP contribution in [0.2, 0.25) is 0 Å². The molecular weight excluding hydrogens is 263 g/mol. The minimum absolute atomic E-state index is 0.108. The van der Waals surface area contributed by atoms with E-state index < -0.39 is 16.7 Å². The van der Waals surface area contributed by atoms with Gasteiger partial charge >= 0.3 is 6.18 Å². The number of non-ortho nitro benzene ring substituents is 1. The van der Waals surface area contributed by atoms with E-state index in [0.717, 1.165) is 6.07 Å². The fourth-order valence-corrected chi connectivity index (χ4v) is 2.00. The van der Waals surface area contributed by atoms with E-state index in [1.54, 1.807) is 0 Å². The number of hydrogen-bond acceptors (Lipinski definition) is 3. The molecule has 0 saturated carbocycles. The summed E-state index contributed by atoms with van der Waals surface area (Å²) in [4.78, 5) is 10.0. The Labute approximate surface area is 106 Å². The van der Waals surface area contributed by atoms with Crippen LogP contribution in [0.3, 0.4) is 0 Å². The topological polar surface area (TPSA) is 52.4 Å². The average Bonchev–Trinajstić information content (AvgIpc) is 2.47. The van der Waals surface area contributed by atoms with Gasteiger partial charge in [-0.25, -0.2) is 0 Å². The van der Waals surface area contributed by atoms with Crippen LogP contribution >= 0.6 is 0 Å². The minimum Gasteiger partial charge on any atom is -0.482 e. The lowest BCUT2D eigenvalue weighted by Gasteiger charge is -2.20. The predicted molar refractivity (Wildman–Crippen MR) is 61.8 cm³/mol. The molecule has 1 heterocycles. The van der Waals surface area contributed by atoms with Gasteiger partial charge in [-0.05, 0) is 19.9 Å². The summed E-state index contributed by atoms with van der Waals surface area (Å²) in [5.74, 6) is 0.214. The van der Waals surface area contributed by atoms with Gasteiger partial charge in [0.15, 0.2) is 0 Å². The second-order valence-corrected chi connectivity index (χ2v) is 4.65. The van der Waals surface area contributed by atoms with Gasteiger partial charge in [-0.15, -0.1) is 0 Å². The molecule has 1 aliphatic heterocycles. The number of halogens is 3. The third-order valence-electron chi connectivity index (χ3n) is 2.79. The van der Waals surface area contributed by atoms with Crippen molar-refractivity contribution in [2.24, 2.45) is 0 Å². The molecule has 1 aromatic carbocycles. The Hall–Kier alpha value is -2.05. The first-order valence-electron chi connectivity index (χ1n) is 5.38. The number of allylic oxidation sites excluding steroid dienone is 1. The smallest absolute Gasteiger partial charge is 0.410 e. The lowest BCUT2D eigenvalue weighted by molar-refractivity contribution is -0.384. The van der Waals surface area contributed by atoms with Crippen molar-refractivity contribution in [2.75, 3.05) is 0 Å². The lowest BCUT2D eigenvalue weighted by atomic mass is 9.93. The van der Waals surface area contributed by atoms with Crippen molar-refractivity contribution >= 4 is 11.3 Å². The zero-order valence-corrected chi connectivity index (χ0v) is 10.1. The summed E-state index contributed by atoms with van der Waals surface area (Å²) in [7, 11) is 0. The fourth-order valence-electron chi connectivity index (χ4n) is 2.00. The highest BCUT2D eigenvalue weighted by Crippen LogP contribution is 2.46. The van der Waals surface area contributed by atoms with Gasteiger partial charge in [0.25, 0.3) is 5.69 Å². The number of fused-ring (bicyclic) bond motifs is 1. The Morgan fingerprint density at radius 1 is 1.37 bits per heavy atom. The zero-order chi connectivity index (χ0) is 14.4. The monoisotopic (exact) mass is 273 g/mol. The first-order valence-corrected chi connectivity index (χ1v) is 5.38. The molecule has 0 spiro atoms. The number of nitrogens with zero attached hydrogens (tertiary/aromatic N) is 1. The second-order valence-electron chi connectivity index (χ2n) is 4.65. The molecule has 0 aromatic heterocycles. The fraction of sp³-hybridized carbons (Fsp3) is 0.333. The highest BCUT2D eigenvalue weighted by Gasteiger charge is 2.40. The van der Waals surface area contributed by atoms with Crippen LogP contribution < -0.4 is 4.74 Å². The molecule has 0 aliphatic carbocycles. The number of benzene rings is 1. The molecule has 2 rings (SSSR count). The van der Waals surface area contributed by atoms with E-state index in [9.17, 15) is 23.3 Å². The quantitative estimate of drug-likeness (QED) is 0.579. The maximum atomic E-state index is 12.5. The van der Waals surface area contributed by atoms with Crippen LogP contribution in [0.5, 0.6) is 5.75 Å². The molecule has 19 heavy (non-hydrogen) atoms. The maximum Gasteiger partial charge on any atom is 0.410 e. The van der Waals surface area contributed by atoms with Crippen molar-refractivity contribution in [3.05, 3.63) is 40.0 Å². The summed E-state index contributed by atoms with van der Waals surface area (Å²) in [6, 6.07) is 3.61. The summed E-state index contributed by atoms with van der Waals surface area (Å²) in [6.45, 7) is 2.97. The lowest BCUT2D eigenvalue weighted by Crippen LogP contribution is -2.25. The third kappa shape index (κ3) is 2.54. The molecule has 0 saturated heterocycles. The van der Waals surface area contributed by atoms with E-state index in [2.05, 4.69) is 0 Å². The van der Waals surface area contributed by atoms with Crippen LogP contribution in [-0.2, 0) is 0 Å².